The van der Waals surface area contributed by atoms with Crippen molar-refractivity contribution in [2.45, 2.75) is 31.3 Å². The summed E-state index contributed by atoms with van der Waals surface area (Å²) < 4.78 is 0. The normalized spacial score (nSPS) is 34.4. The lowest BCUT2D eigenvalue weighted by Gasteiger charge is -2.28. The van der Waals surface area contributed by atoms with Gasteiger partial charge in [0.25, 0.3) is 0 Å². The van der Waals surface area contributed by atoms with E-state index in [0.717, 1.165) is 25.9 Å². The molecule has 2 saturated heterocycles. The zero-order valence-corrected chi connectivity index (χ0v) is 8.78. The molecule has 2 fully saturated rings. The fraction of sp³-hybridized carbons (Fsp3) is 0.900. The number of carbonyl (C=O) groups is 1. The number of amides is 1. The Bertz CT molecular complexity index is 231. The van der Waals surface area contributed by atoms with Crippen LogP contribution >= 0.6 is 0 Å². The third-order valence-electron chi connectivity index (χ3n) is 3.49. The Morgan fingerprint density at radius 2 is 2.21 bits per heavy atom. The van der Waals surface area contributed by atoms with Crippen molar-refractivity contribution in [3.63, 3.8) is 0 Å². The Kier molecular flexibility index (Phi) is 2.74. The van der Waals surface area contributed by atoms with Crippen LogP contribution in [0.25, 0.3) is 0 Å². The lowest BCUT2D eigenvalue weighted by atomic mass is 10.1. The predicted octanol–water partition coefficient (Wildman–Crippen LogP) is -0.360. The molecule has 2 rings (SSSR count). The molecule has 80 valence electrons. The minimum absolute atomic E-state index is 0.121. The van der Waals surface area contributed by atoms with Gasteiger partial charge in [-0.25, -0.2) is 0 Å². The molecule has 2 atom stereocenters. The van der Waals surface area contributed by atoms with Crippen LogP contribution in [0, 0.1) is 0 Å². The van der Waals surface area contributed by atoms with Crippen LogP contribution in [-0.2, 0) is 4.79 Å². The molecule has 4 heteroatoms. The lowest BCUT2D eigenvalue weighted by molar-refractivity contribution is -0.131. The van der Waals surface area contributed by atoms with Gasteiger partial charge in [0.05, 0.1) is 6.04 Å². The zero-order valence-electron chi connectivity index (χ0n) is 8.78. The molecule has 2 aliphatic rings. The monoisotopic (exact) mass is 197 g/mol. The molecule has 2 aliphatic heterocycles. The molecule has 2 heterocycles. The standard InChI is InChI=1S/C10H19N3O/c1-12-6-4-9(10(12)14)13-5-2-3-8(13)7-11/h8-9H,2-7,11H2,1H3/t8-,9+/m0/s1. The van der Waals surface area contributed by atoms with Crippen molar-refractivity contribution in [1.82, 2.24) is 9.80 Å². The number of likely N-dealkylation sites (tertiary alicyclic amines) is 2. The van der Waals surface area contributed by atoms with Gasteiger partial charge in [-0.1, -0.05) is 0 Å². The summed E-state index contributed by atoms with van der Waals surface area (Å²) in [7, 11) is 1.88. The fourth-order valence-electron chi connectivity index (χ4n) is 2.63. The van der Waals surface area contributed by atoms with Crippen LogP contribution in [0.15, 0.2) is 0 Å². The maximum absolute atomic E-state index is 11.8. The quantitative estimate of drug-likeness (QED) is 0.657. The minimum atomic E-state index is 0.121. The summed E-state index contributed by atoms with van der Waals surface area (Å²) in [5, 5.41) is 0. The second-order valence-corrected chi connectivity index (χ2v) is 4.33. The third-order valence-corrected chi connectivity index (χ3v) is 3.49. The molecular weight excluding hydrogens is 178 g/mol. The van der Waals surface area contributed by atoms with Crippen LogP contribution in [-0.4, -0.2) is 54.5 Å². The van der Waals surface area contributed by atoms with E-state index in [2.05, 4.69) is 4.90 Å². The van der Waals surface area contributed by atoms with E-state index in [-0.39, 0.29) is 11.9 Å². The van der Waals surface area contributed by atoms with Gasteiger partial charge in [0, 0.05) is 26.2 Å². The van der Waals surface area contributed by atoms with Crippen LogP contribution in [0.1, 0.15) is 19.3 Å². The van der Waals surface area contributed by atoms with E-state index in [4.69, 9.17) is 5.73 Å². The maximum atomic E-state index is 11.8. The summed E-state index contributed by atoms with van der Waals surface area (Å²) in [6.45, 7) is 2.64. The van der Waals surface area contributed by atoms with Gasteiger partial charge >= 0.3 is 0 Å². The van der Waals surface area contributed by atoms with E-state index in [1.54, 1.807) is 0 Å². The molecule has 0 aliphatic carbocycles. The minimum Gasteiger partial charge on any atom is -0.344 e. The summed E-state index contributed by atoms with van der Waals surface area (Å²) in [6.07, 6.45) is 3.32. The van der Waals surface area contributed by atoms with Crippen molar-refractivity contribution in [1.29, 1.82) is 0 Å². The molecule has 0 aromatic carbocycles. The average Bonchev–Trinajstić information content (AvgIpc) is 2.75. The SMILES string of the molecule is CN1CC[C@@H](N2CCC[C@H]2CN)C1=O. The van der Waals surface area contributed by atoms with Crippen LogP contribution < -0.4 is 5.73 Å². The van der Waals surface area contributed by atoms with Crippen molar-refractivity contribution >= 4 is 5.91 Å². The van der Waals surface area contributed by atoms with Crippen LogP contribution in [0.5, 0.6) is 0 Å². The average molecular weight is 197 g/mol. The molecule has 0 saturated carbocycles. The smallest absolute Gasteiger partial charge is 0.239 e. The highest BCUT2D eigenvalue weighted by Gasteiger charge is 2.38. The molecule has 0 radical (unpaired) electrons. The van der Waals surface area contributed by atoms with Gasteiger partial charge in [-0.15, -0.1) is 0 Å². The van der Waals surface area contributed by atoms with Crippen LogP contribution in [0.2, 0.25) is 0 Å². The van der Waals surface area contributed by atoms with E-state index in [9.17, 15) is 4.79 Å². The van der Waals surface area contributed by atoms with Gasteiger partial charge in [-0.3, -0.25) is 9.69 Å². The number of carbonyl (C=O) groups excluding carboxylic acids is 1. The van der Waals surface area contributed by atoms with Gasteiger partial charge in [0.2, 0.25) is 5.91 Å². The highest BCUT2D eigenvalue weighted by molar-refractivity contribution is 5.83. The first kappa shape index (κ1) is 9.93. The molecule has 0 aromatic heterocycles. The Morgan fingerprint density at radius 3 is 2.79 bits per heavy atom. The van der Waals surface area contributed by atoms with Gasteiger partial charge < -0.3 is 10.6 Å². The maximum Gasteiger partial charge on any atom is 0.239 e. The molecule has 1 amide bonds. The molecule has 4 nitrogen and oxygen atoms in total. The second kappa shape index (κ2) is 3.87. The summed E-state index contributed by atoms with van der Waals surface area (Å²) in [5.74, 6) is 0.283. The van der Waals surface area contributed by atoms with E-state index in [1.807, 2.05) is 11.9 Å². The molecule has 0 unspecified atom stereocenters. The van der Waals surface area contributed by atoms with Gasteiger partial charge in [0.1, 0.15) is 0 Å². The number of rotatable bonds is 2. The van der Waals surface area contributed by atoms with Crippen molar-refractivity contribution in [3.8, 4) is 0 Å². The number of nitrogens with two attached hydrogens (primary N) is 1. The van der Waals surface area contributed by atoms with Gasteiger partial charge in [0.15, 0.2) is 0 Å². The van der Waals surface area contributed by atoms with E-state index < -0.39 is 0 Å². The molecule has 0 aromatic rings. The predicted molar refractivity (Wildman–Crippen MR) is 54.8 cm³/mol. The van der Waals surface area contributed by atoms with E-state index in [0.29, 0.717) is 12.6 Å². The summed E-state index contributed by atoms with van der Waals surface area (Å²) in [5.41, 5.74) is 5.71. The van der Waals surface area contributed by atoms with E-state index in [1.165, 1.54) is 6.42 Å². The number of hydrogen-bond donors (Lipinski definition) is 1. The van der Waals surface area contributed by atoms with Crippen LogP contribution in [0.3, 0.4) is 0 Å². The van der Waals surface area contributed by atoms with Gasteiger partial charge in [-0.2, -0.15) is 0 Å². The first-order valence-electron chi connectivity index (χ1n) is 5.45. The first-order chi connectivity index (χ1) is 6.74. The molecule has 2 N–H and O–H groups in total. The highest BCUT2D eigenvalue weighted by atomic mass is 16.2. The molecule has 0 spiro atoms. The topological polar surface area (TPSA) is 49.6 Å². The van der Waals surface area contributed by atoms with Gasteiger partial charge in [-0.05, 0) is 25.8 Å². The summed E-state index contributed by atoms with van der Waals surface area (Å²) in [4.78, 5) is 15.9. The number of likely N-dealkylation sites (N-methyl/N-ethyl adjacent to an activating group) is 1. The molecule has 0 bridgehead atoms. The van der Waals surface area contributed by atoms with Crippen molar-refractivity contribution in [3.05, 3.63) is 0 Å². The Hall–Kier alpha value is -0.610. The fourth-order valence-corrected chi connectivity index (χ4v) is 2.63. The highest BCUT2D eigenvalue weighted by Crippen LogP contribution is 2.24. The third kappa shape index (κ3) is 1.53. The van der Waals surface area contributed by atoms with Crippen molar-refractivity contribution in [2.75, 3.05) is 26.7 Å². The lowest BCUT2D eigenvalue weighted by Crippen LogP contribution is -2.46. The van der Waals surface area contributed by atoms with Crippen molar-refractivity contribution in [2.24, 2.45) is 5.73 Å². The Labute approximate surface area is 85.0 Å². The Morgan fingerprint density at radius 1 is 1.43 bits per heavy atom. The second-order valence-electron chi connectivity index (χ2n) is 4.33. The zero-order chi connectivity index (χ0) is 10.1. The van der Waals surface area contributed by atoms with Crippen molar-refractivity contribution < 1.29 is 4.79 Å². The largest absolute Gasteiger partial charge is 0.344 e. The summed E-state index contributed by atoms with van der Waals surface area (Å²) >= 11 is 0. The number of nitrogens with zero attached hydrogens (tertiary/aromatic N) is 2. The number of hydrogen-bond acceptors (Lipinski definition) is 3. The van der Waals surface area contributed by atoms with E-state index >= 15 is 0 Å². The summed E-state index contributed by atoms with van der Waals surface area (Å²) in [6, 6.07) is 0.562. The molecular formula is C10H19N3O. The first-order valence-corrected chi connectivity index (χ1v) is 5.45. The molecule has 14 heavy (non-hydrogen) atoms. The Balaban J connectivity index is 2.04. The van der Waals surface area contributed by atoms with Crippen LogP contribution in [0.4, 0.5) is 0 Å².